The zero-order valence-corrected chi connectivity index (χ0v) is 23.1. The van der Waals surface area contributed by atoms with Gasteiger partial charge in [-0.3, -0.25) is 18.7 Å². The van der Waals surface area contributed by atoms with Crippen LogP contribution in [-0.2, 0) is 25.4 Å². The van der Waals surface area contributed by atoms with E-state index in [2.05, 4.69) is 26.2 Å². The molecule has 1 aromatic carbocycles. The molecule has 0 spiro atoms. The summed E-state index contributed by atoms with van der Waals surface area (Å²) < 4.78 is 38.7. The average Bonchev–Trinajstić information content (AvgIpc) is 3.38. The van der Waals surface area contributed by atoms with Crippen molar-refractivity contribution in [1.29, 1.82) is 0 Å². The van der Waals surface area contributed by atoms with E-state index in [1.165, 1.54) is 23.2 Å². The minimum atomic E-state index is -0.848. The number of carbonyl (C=O) groups excluding carboxylic acids is 1. The van der Waals surface area contributed by atoms with Crippen LogP contribution in [0.4, 0.5) is 13.9 Å². The second-order valence-corrected chi connectivity index (χ2v) is 11.4. The quantitative estimate of drug-likeness (QED) is 0.359. The van der Waals surface area contributed by atoms with Gasteiger partial charge in [0, 0.05) is 31.2 Å². The summed E-state index contributed by atoms with van der Waals surface area (Å²) in [6.45, 7) is 5.59. The first-order chi connectivity index (χ1) is 17.3. The van der Waals surface area contributed by atoms with Crippen molar-refractivity contribution in [3.63, 3.8) is 0 Å². The molecule has 1 N–H and O–H groups in total. The van der Waals surface area contributed by atoms with Crippen LogP contribution in [0.25, 0.3) is 22.3 Å². The van der Waals surface area contributed by atoms with Crippen LogP contribution in [0, 0.1) is 17.0 Å². The summed E-state index contributed by atoms with van der Waals surface area (Å²) in [5.41, 5.74) is -0.267. The zero-order chi connectivity index (χ0) is 27.2. The van der Waals surface area contributed by atoms with Gasteiger partial charge in [-0.25, -0.2) is 18.6 Å². The van der Waals surface area contributed by atoms with Crippen LogP contribution in [0.3, 0.4) is 0 Å². The van der Waals surface area contributed by atoms with Crippen LogP contribution in [0.15, 0.2) is 37.8 Å². The predicted octanol–water partition coefficient (Wildman–Crippen LogP) is 4.27. The summed E-state index contributed by atoms with van der Waals surface area (Å²) >= 11 is 4.43. The first kappa shape index (κ1) is 26.7. The first-order valence-electron chi connectivity index (χ1n) is 11.1. The summed E-state index contributed by atoms with van der Waals surface area (Å²) in [5, 5.41) is 4.41. The number of aryl methyl sites for hydroxylation is 1. The highest BCUT2D eigenvalue weighted by Gasteiger charge is 2.20. The highest BCUT2D eigenvalue weighted by atomic mass is 79.9. The molecule has 1 amide bonds. The largest absolute Gasteiger partial charge is 0.487 e. The van der Waals surface area contributed by atoms with Crippen LogP contribution in [0.1, 0.15) is 20.8 Å². The smallest absolute Gasteiger partial charge is 0.331 e. The lowest BCUT2D eigenvalue weighted by Crippen LogP contribution is -2.37. The van der Waals surface area contributed by atoms with Crippen LogP contribution < -0.4 is 21.3 Å². The average molecular weight is 596 g/mol. The molecule has 0 saturated carbocycles. The zero-order valence-electron chi connectivity index (χ0n) is 20.7. The lowest BCUT2D eigenvalue weighted by Gasteiger charge is -2.19. The lowest BCUT2D eigenvalue weighted by atomic mass is 9.99. The van der Waals surface area contributed by atoms with E-state index in [1.807, 2.05) is 20.8 Å². The Morgan fingerprint density at radius 1 is 1.14 bits per heavy atom. The number of anilines is 1. The molecular weight excluding hydrogens is 572 g/mol. The van der Waals surface area contributed by atoms with Crippen molar-refractivity contribution in [2.75, 3.05) is 11.9 Å². The van der Waals surface area contributed by atoms with Gasteiger partial charge in [-0.05, 0) is 33.5 Å². The normalized spacial score (nSPS) is 11.8. The number of nitrogens with zero attached hydrogens (tertiary/aromatic N) is 4. The molecule has 0 radical (unpaired) electrons. The topological polar surface area (TPSA) is 100 Å². The predicted molar refractivity (Wildman–Crippen MR) is 141 cm³/mol. The Morgan fingerprint density at radius 3 is 2.41 bits per heavy atom. The Bertz CT molecular complexity index is 1620. The summed E-state index contributed by atoms with van der Waals surface area (Å²) in [7, 11) is 2.90. The Hall–Kier alpha value is -3.32. The van der Waals surface area contributed by atoms with Gasteiger partial charge in [0.25, 0.3) is 5.56 Å². The SMILES string of the molecule is Cn1c(=O)c2c(c(Br)cn2CC(=O)Nc2nc(-c3cc(F)c(OCC(C)(C)C)c(F)c3)cs2)n(C)c1=O. The van der Waals surface area contributed by atoms with E-state index in [0.29, 0.717) is 9.99 Å². The highest BCUT2D eigenvalue weighted by molar-refractivity contribution is 9.10. The molecule has 0 saturated heterocycles. The van der Waals surface area contributed by atoms with Crippen molar-refractivity contribution < 1.29 is 18.3 Å². The summed E-state index contributed by atoms with van der Waals surface area (Å²) in [6, 6.07) is 2.26. The second kappa shape index (κ2) is 9.86. The van der Waals surface area contributed by atoms with Gasteiger partial charge in [0.15, 0.2) is 22.5 Å². The molecule has 0 fully saturated rings. The number of halogens is 3. The van der Waals surface area contributed by atoms with E-state index >= 15 is 0 Å². The van der Waals surface area contributed by atoms with Crippen LogP contribution in [-0.4, -0.2) is 31.2 Å². The third kappa shape index (κ3) is 5.37. The Kier molecular flexibility index (Phi) is 7.12. The minimum absolute atomic E-state index is 0.142. The van der Waals surface area contributed by atoms with Crippen molar-refractivity contribution in [1.82, 2.24) is 18.7 Å². The van der Waals surface area contributed by atoms with Crippen LogP contribution in [0.2, 0.25) is 0 Å². The molecule has 37 heavy (non-hydrogen) atoms. The second-order valence-electron chi connectivity index (χ2n) is 9.71. The van der Waals surface area contributed by atoms with E-state index in [-0.39, 0.29) is 40.5 Å². The van der Waals surface area contributed by atoms with Crippen LogP contribution in [0.5, 0.6) is 5.75 Å². The molecule has 0 unspecified atom stereocenters. The van der Waals surface area contributed by atoms with E-state index in [9.17, 15) is 23.2 Å². The number of nitrogens with one attached hydrogen (secondary N) is 1. The molecule has 13 heteroatoms. The number of ether oxygens (including phenoxy) is 1. The van der Waals surface area contributed by atoms with Crippen molar-refractivity contribution in [3.8, 4) is 17.0 Å². The monoisotopic (exact) mass is 595 g/mol. The van der Waals surface area contributed by atoms with Gasteiger partial charge < -0.3 is 14.6 Å². The highest BCUT2D eigenvalue weighted by Crippen LogP contribution is 2.32. The maximum atomic E-state index is 14.6. The van der Waals surface area contributed by atoms with E-state index < -0.39 is 34.5 Å². The number of hydrogen-bond acceptors (Lipinski definition) is 6. The van der Waals surface area contributed by atoms with Gasteiger partial charge in [-0.1, -0.05) is 20.8 Å². The van der Waals surface area contributed by atoms with Gasteiger partial charge in [0.2, 0.25) is 5.91 Å². The molecule has 0 aliphatic carbocycles. The molecule has 3 aromatic heterocycles. The van der Waals surface area contributed by atoms with Crippen molar-refractivity contribution in [2.45, 2.75) is 27.3 Å². The minimum Gasteiger partial charge on any atom is -0.487 e. The first-order valence-corrected chi connectivity index (χ1v) is 12.8. The maximum Gasteiger partial charge on any atom is 0.331 e. The van der Waals surface area contributed by atoms with E-state index in [4.69, 9.17) is 4.74 Å². The molecule has 0 atom stereocenters. The molecule has 9 nitrogen and oxygen atoms in total. The molecule has 4 aromatic rings. The van der Waals surface area contributed by atoms with Crippen molar-refractivity contribution in [3.05, 3.63) is 60.7 Å². The third-order valence-electron chi connectivity index (χ3n) is 5.43. The number of amides is 1. The maximum absolute atomic E-state index is 14.6. The third-order valence-corrected chi connectivity index (χ3v) is 6.77. The molecule has 0 aliphatic rings. The number of rotatable bonds is 6. The summed E-state index contributed by atoms with van der Waals surface area (Å²) in [6.07, 6.45) is 1.55. The number of carbonyl (C=O) groups is 1. The lowest BCUT2D eigenvalue weighted by molar-refractivity contribution is -0.116. The fraction of sp³-hybridized carbons (Fsp3) is 0.333. The number of fused-ring (bicyclic) bond motifs is 1. The molecule has 3 heterocycles. The van der Waals surface area contributed by atoms with Crippen molar-refractivity contribution >= 4 is 49.3 Å². The molecule has 196 valence electrons. The van der Waals surface area contributed by atoms with Crippen LogP contribution >= 0.6 is 27.3 Å². The molecular formula is C24H24BrF2N5O4S. The Morgan fingerprint density at radius 2 is 1.78 bits per heavy atom. The molecule has 0 bridgehead atoms. The van der Waals surface area contributed by atoms with E-state index in [1.54, 1.807) is 11.6 Å². The number of thiazole rings is 1. The number of benzene rings is 1. The standard InChI is InChI=1S/C24H24BrF2N5O4S/c1-24(2,3)11-36-20-14(26)6-12(7-15(20)27)16-10-37-22(28-16)29-17(33)9-32-8-13(25)18-19(32)21(34)31(5)23(35)30(18)4/h6-8,10H,9,11H2,1-5H3,(H,28,29,33). The molecule has 4 rings (SSSR count). The van der Waals surface area contributed by atoms with Gasteiger partial charge in [0.05, 0.1) is 22.3 Å². The van der Waals surface area contributed by atoms with Gasteiger partial charge in [-0.15, -0.1) is 11.3 Å². The number of hydrogen-bond donors (Lipinski definition) is 1. The Balaban J connectivity index is 1.54. The number of aromatic nitrogens is 4. The van der Waals surface area contributed by atoms with Crippen molar-refractivity contribution in [2.24, 2.45) is 19.5 Å². The summed E-state index contributed by atoms with van der Waals surface area (Å²) in [5.74, 6) is -2.63. The van der Waals surface area contributed by atoms with Gasteiger partial charge in [-0.2, -0.15) is 0 Å². The molecule has 0 aliphatic heterocycles. The van der Waals surface area contributed by atoms with Gasteiger partial charge >= 0.3 is 5.69 Å². The summed E-state index contributed by atoms with van der Waals surface area (Å²) in [4.78, 5) is 41.9. The van der Waals surface area contributed by atoms with Gasteiger partial charge in [0.1, 0.15) is 12.1 Å². The fourth-order valence-corrected chi connectivity index (χ4v) is 5.09. The fourth-order valence-electron chi connectivity index (χ4n) is 3.66. The van der Waals surface area contributed by atoms with E-state index in [0.717, 1.165) is 28.0 Å². The Labute approximate surface area is 222 Å².